The number of hydrogen-bond donors (Lipinski definition) is 1. The number of nitrogens with zero attached hydrogens (tertiary/aromatic N) is 4. The van der Waals surface area contributed by atoms with Crippen molar-refractivity contribution in [2.24, 2.45) is 0 Å². The first kappa shape index (κ1) is 19.4. The summed E-state index contributed by atoms with van der Waals surface area (Å²) in [6.45, 7) is 5.87. The molecule has 2 amide bonds. The van der Waals surface area contributed by atoms with Gasteiger partial charge in [0.15, 0.2) is 0 Å². The minimum absolute atomic E-state index is 0.0602. The van der Waals surface area contributed by atoms with Gasteiger partial charge in [-0.25, -0.2) is 4.98 Å². The molecule has 0 bridgehead atoms. The number of anilines is 2. The van der Waals surface area contributed by atoms with Crippen LogP contribution in [0.4, 0.5) is 11.5 Å². The van der Waals surface area contributed by atoms with Gasteiger partial charge in [0.05, 0.1) is 5.56 Å². The Morgan fingerprint density at radius 1 is 1.18 bits per heavy atom. The third-order valence-electron chi connectivity index (χ3n) is 4.78. The van der Waals surface area contributed by atoms with Gasteiger partial charge in [0, 0.05) is 50.6 Å². The summed E-state index contributed by atoms with van der Waals surface area (Å²) in [5.41, 5.74) is 2.66. The van der Waals surface area contributed by atoms with Crippen molar-refractivity contribution in [1.29, 1.82) is 5.26 Å². The van der Waals surface area contributed by atoms with Gasteiger partial charge in [-0.15, -0.1) is 0 Å². The number of aromatic nitrogens is 1. The van der Waals surface area contributed by atoms with E-state index in [0.717, 1.165) is 18.5 Å². The second kappa shape index (κ2) is 8.53. The summed E-state index contributed by atoms with van der Waals surface area (Å²) in [4.78, 5) is 32.6. The van der Waals surface area contributed by atoms with E-state index in [9.17, 15) is 14.9 Å². The smallest absolute Gasteiger partial charge is 0.253 e. The first-order valence-corrected chi connectivity index (χ1v) is 9.27. The van der Waals surface area contributed by atoms with Crippen molar-refractivity contribution in [2.75, 3.05) is 36.4 Å². The molecule has 1 N–H and O–H groups in total. The Hall–Kier alpha value is -3.40. The third kappa shape index (κ3) is 4.29. The van der Waals surface area contributed by atoms with Gasteiger partial charge in [-0.1, -0.05) is 6.07 Å². The average Bonchev–Trinajstić information content (AvgIpc) is 2.95. The van der Waals surface area contributed by atoms with Crippen LogP contribution in [0.2, 0.25) is 0 Å². The lowest BCUT2D eigenvalue weighted by molar-refractivity contribution is -0.114. The normalized spacial score (nSPS) is 14.2. The van der Waals surface area contributed by atoms with E-state index in [1.807, 2.05) is 17.9 Å². The van der Waals surface area contributed by atoms with Crippen LogP contribution < -0.4 is 10.2 Å². The molecule has 2 aromatic rings. The van der Waals surface area contributed by atoms with E-state index in [2.05, 4.69) is 21.3 Å². The molecule has 1 saturated heterocycles. The largest absolute Gasteiger partial charge is 0.354 e. The molecule has 0 atom stereocenters. The summed E-state index contributed by atoms with van der Waals surface area (Å²) < 4.78 is 0. The number of carbonyl (C=O) groups is 2. The lowest BCUT2D eigenvalue weighted by Gasteiger charge is -2.23. The number of aryl methyl sites for hydroxylation is 1. The Morgan fingerprint density at radius 3 is 2.75 bits per heavy atom. The number of pyridine rings is 1. The van der Waals surface area contributed by atoms with Gasteiger partial charge < -0.3 is 15.1 Å². The highest BCUT2D eigenvalue weighted by molar-refractivity contribution is 5.97. The summed E-state index contributed by atoms with van der Waals surface area (Å²) in [5.74, 6) is 0.444. The topological polar surface area (TPSA) is 89.3 Å². The first-order valence-electron chi connectivity index (χ1n) is 9.27. The maximum Gasteiger partial charge on any atom is 0.253 e. The Kier molecular flexibility index (Phi) is 5.90. The van der Waals surface area contributed by atoms with Crippen LogP contribution in [0.25, 0.3) is 0 Å². The lowest BCUT2D eigenvalue weighted by Crippen LogP contribution is -2.35. The number of rotatable bonds is 3. The summed E-state index contributed by atoms with van der Waals surface area (Å²) in [6, 6.07) is 11.0. The van der Waals surface area contributed by atoms with Crippen molar-refractivity contribution in [3.05, 3.63) is 53.2 Å². The van der Waals surface area contributed by atoms with Crippen LogP contribution in [-0.2, 0) is 4.79 Å². The van der Waals surface area contributed by atoms with Gasteiger partial charge >= 0.3 is 0 Å². The zero-order chi connectivity index (χ0) is 20.1. The molecule has 144 valence electrons. The number of hydrogen-bond acceptors (Lipinski definition) is 5. The molecule has 0 aliphatic carbocycles. The molecule has 1 aromatic heterocycles. The van der Waals surface area contributed by atoms with E-state index in [0.29, 0.717) is 42.3 Å². The Morgan fingerprint density at radius 2 is 2.00 bits per heavy atom. The molecule has 1 aromatic carbocycles. The fourth-order valence-corrected chi connectivity index (χ4v) is 3.33. The zero-order valence-corrected chi connectivity index (χ0v) is 16.1. The molecule has 1 aliphatic rings. The maximum absolute atomic E-state index is 13.0. The Balaban J connectivity index is 1.74. The Labute approximate surface area is 164 Å². The van der Waals surface area contributed by atoms with Gasteiger partial charge in [-0.2, -0.15) is 5.26 Å². The second-order valence-corrected chi connectivity index (χ2v) is 6.83. The van der Waals surface area contributed by atoms with Gasteiger partial charge in [0.25, 0.3) is 5.91 Å². The zero-order valence-electron chi connectivity index (χ0n) is 16.1. The number of nitriles is 1. The monoisotopic (exact) mass is 377 g/mol. The SMILES string of the molecule is CC(=O)Nc1cc(C(=O)N2CCCN(c3ncccc3C#N)CC2)ccc1C. The second-order valence-electron chi connectivity index (χ2n) is 6.83. The van der Waals surface area contributed by atoms with Gasteiger partial charge in [0.2, 0.25) is 5.91 Å². The lowest BCUT2D eigenvalue weighted by atomic mass is 10.1. The van der Waals surface area contributed by atoms with Crippen molar-refractivity contribution in [3.63, 3.8) is 0 Å². The third-order valence-corrected chi connectivity index (χ3v) is 4.78. The van der Waals surface area contributed by atoms with Gasteiger partial charge in [0.1, 0.15) is 11.9 Å². The van der Waals surface area contributed by atoms with E-state index in [4.69, 9.17) is 0 Å². The minimum atomic E-state index is -0.165. The predicted octanol–water partition coefficient (Wildman–Crippen LogP) is 2.57. The summed E-state index contributed by atoms with van der Waals surface area (Å²) >= 11 is 0. The van der Waals surface area contributed by atoms with Crippen molar-refractivity contribution < 1.29 is 9.59 Å². The molecule has 0 spiro atoms. The van der Waals surface area contributed by atoms with Crippen LogP contribution in [0.3, 0.4) is 0 Å². The standard InChI is InChI=1S/C21H23N5O2/c1-15-6-7-17(13-19(15)24-16(2)27)21(28)26-10-4-9-25(11-12-26)20-18(14-22)5-3-8-23-20/h3,5-8,13H,4,9-12H2,1-2H3,(H,24,27). The fraction of sp³-hybridized carbons (Fsp3) is 0.333. The number of carbonyl (C=O) groups excluding carboxylic acids is 2. The van der Waals surface area contributed by atoms with Crippen molar-refractivity contribution in [1.82, 2.24) is 9.88 Å². The van der Waals surface area contributed by atoms with Crippen LogP contribution in [0.1, 0.15) is 34.8 Å². The van der Waals surface area contributed by atoms with Crippen LogP contribution in [0.15, 0.2) is 36.5 Å². The highest BCUT2D eigenvalue weighted by atomic mass is 16.2. The molecule has 0 radical (unpaired) electrons. The maximum atomic E-state index is 13.0. The number of nitrogens with one attached hydrogen (secondary N) is 1. The van der Waals surface area contributed by atoms with Crippen molar-refractivity contribution >= 4 is 23.3 Å². The predicted molar refractivity (Wildman–Crippen MR) is 107 cm³/mol. The minimum Gasteiger partial charge on any atom is -0.354 e. The summed E-state index contributed by atoms with van der Waals surface area (Å²) in [5, 5.41) is 12.1. The van der Waals surface area contributed by atoms with E-state index in [1.54, 1.807) is 30.5 Å². The molecule has 7 nitrogen and oxygen atoms in total. The van der Waals surface area contributed by atoms with E-state index in [1.165, 1.54) is 6.92 Å². The molecule has 0 unspecified atom stereocenters. The highest BCUT2D eigenvalue weighted by Crippen LogP contribution is 2.21. The van der Waals surface area contributed by atoms with Gasteiger partial charge in [-0.3, -0.25) is 9.59 Å². The highest BCUT2D eigenvalue weighted by Gasteiger charge is 2.22. The van der Waals surface area contributed by atoms with Crippen LogP contribution >= 0.6 is 0 Å². The van der Waals surface area contributed by atoms with Gasteiger partial charge in [-0.05, 0) is 43.2 Å². The quantitative estimate of drug-likeness (QED) is 0.888. The fourth-order valence-electron chi connectivity index (χ4n) is 3.33. The van der Waals surface area contributed by atoms with Crippen molar-refractivity contribution in [3.8, 4) is 6.07 Å². The summed E-state index contributed by atoms with van der Waals surface area (Å²) in [7, 11) is 0. The van der Waals surface area contributed by atoms with Crippen molar-refractivity contribution in [2.45, 2.75) is 20.3 Å². The molecule has 1 fully saturated rings. The van der Waals surface area contributed by atoms with E-state index < -0.39 is 0 Å². The average molecular weight is 377 g/mol. The van der Waals surface area contributed by atoms with E-state index >= 15 is 0 Å². The molecule has 3 rings (SSSR count). The van der Waals surface area contributed by atoms with Crippen LogP contribution in [-0.4, -0.2) is 47.9 Å². The number of benzene rings is 1. The molecular weight excluding hydrogens is 354 g/mol. The summed E-state index contributed by atoms with van der Waals surface area (Å²) in [6.07, 6.45) is 2.47. The molecule has 0 saturated carbocycles. The molecular formula is C21H23N5O2. The molecule has 28 heavy (non-hydrogen) atoms. The molecule has 7 heteroatoms. The first-order chi connectivity index (χ1) is 13.5. The number of amides is 2. The van der Waals surface area contributed by atoms with Crippen LogP contribution in [0, 0.1) is 18.3 Å². The van der Waals surface area contributed by atoms with E-state index in [-0.39, 0.29) is 11.8 Å². The Bertz CT molecular complexity index is 935. The molecule has 1 aliphatic heterocycles. The molecule has 2 heterocycles. The van der Waals surface area contributed by atoms with Crippen LogP contribution in [0.5, 0.6) is 0 Å².